The number of halogens is 3. The molecule has 60 radical (unpaired) electrons. The Labute approximate surface area is 720 Å². The first kappa shape index (κ1) is 108. The highest BCUT2D eigenvalue weighted by atomic mass is 35.5. The van der Waals surface area contributed by atoms with E-state index in [0.29, 0.717) is 58.1 Å². The van der Waals surface area contributed by atoms with Gasteiger partial charge >= 0.3 is 11.9 Å². The van der Waals surface area contributed by atoms with Gasteiger partial charge in [-0.05, 0) is 60.6 Å². The SMILES string of the molecule is C.CCOC(=O)c1c(SCC)[nH]c2c(Cl)cccc2c1=O.CCSc1[nH]c2c(Cl)cccc2c(=O)c1C(=O)O.CCSc1cc(=O)c2cccc(Cl)c2[nH]1.[2HH].[B]B([B])B([B])[B]B([B])B([B])B([B])B([B])[B].[B]B([B])B([B]B(B([B])[B])B([B])B(B([B])[B])B([B])[B])B([B])[B].[B][B]B(B([B])[B])B(B([B])B([B])[B])B([B][B])B([B])[B]. The first-order chi connectivity index (χ1) is 49.9. The fourth-order valence-electron chi connectivity index (χ4n) is 10.4. The van der Waals surface area contributed by atoms with Crippen LogP contribution in [0.25, 0.3) is 32.7 Å². The quantitative estimate of drug-likeness (QED) is 0.0182. The third-order valence-corrected chi connectivity index (χ3v) is 19.7. The summed E-state index contributed by atoms with van der Waals surface area (Å²) >= 11 is 22.4. The predicted octanol–water partition coefficient (Wildman–Crippen LogP) is -9.93. The molecule has 108 heavy (non-hydrogen) atoms. The molecule has 0 spiro atoms. The zero-order valence-electron chi connectivity index (χ0n) is 60.0. The molecular formula is C38H40B54Cl3N3O7S3. The lowest BCUT2D eigenvalue weighted by Crippen LogP contribution is -2.76. The van der Waals surface area contributed by atoms with E-state index in [-0.39, 0.29) is 37.4 Å². The van der Waals surface area contributed by atoms with Crippen molar-refractivity contribution in [3.63, 3.8) is 0 Å². The summed E-state index contributed by atoms with van der Waals surface area (Å²) in [4.78, 5) is 68.7. The lowest BCUT2D eigenvalue weighted by molar-refractivity contribution is 0.0519. The average Bonchev–Trinajstić information content (AvgIpc) is 0.784. The number of aromatic carboxylic acids is 1. The number of carbonyl (C=O) groups is 2. The Morgan fingerprint density at radius 1 is 0.444 bits per heavy atom. The summed E-state index contributed by atoms with van der Waals surface area (Å²) in [6.07, 6.45) is -14.6. The van der Waals surface area contributed by atoms with E-state index < -0.39 is 158 Å². The molecule has 3 aromatic carbocycles. The third-order valence-electron chi connectivity index (χ3n) is 16.2. The van der Waals surface area contributed by atoms with Crippen LogP contribution in [-0.4, -0.2) is 441 Å². The van der Waals surface area contributed by atoms with E-state index in [9.17, 15) is 24.0 Å². The molecule has 0 aliphatic rings. The molecular weight excluding hydrogens is 1400 g/mol. The molecule has 0 aliphatic heterocycles. The fraction of sp³-hybridized carbons (Fsp3) is 0.237. The second-order valence-corrected chi connectivity index (χ2v) is 29.2. The van der Waals surface area contributed by atoms with Gasteiger partial charge in [-0.15, -0.1) is 35.3 Å². The molecule has 3 aromatic heterocycles. The zero-order valence-corrected chi connectivity index (χ0v) is 64.8. The molecule has 6 rings (SSSR count). The number of aromatic amines is 3. The van der Waals surface area contributed by atoms with Crippen molar-refractivity contribution < 1.29 is 20.9 Å². The van der Waals surface area contributed by atoms with E-state index in [4.69, 9.17) is 261 Å². The Balaban J connectivity index is 0. The number of carboxylic acid groups (broad SMARTS) is 1. The number of benzene rings is 3. The Morgan fingerprint density at radius 3 is 1.17 bits per heavy atom. The Hall–Kier alpha value is -0.344. The van der Waals surface area contributed by atoms with Gasteiger partial charge in [-0.1, -0.05) is 81.2 Å². The van der Waals surface area contributed by atoms with Gasteiger partial charge < -0.3 is 24.8 Å². The molecule has 3 heterocycles. The number of nitrogens with one attached hydrogen (secondary N) is 3. The number of aromatic nitrogens is 3. The minimum Gasteiger partial charge on any atom is -0.477 e. The number of H-pyrrole nitrogens is 3. The first-order valence-electron chi connectivity index (χ1n) is 33.2. The molecule has 6 aromatic rings. The van der Waals surface area contributed by atoms with Crippen LogP contribution in [0.1, 0.15) is 57.3 Å². The van der Waals surface area contributed by atoms with Gasteiger partial charge in [0.2, 0.25) is 10.9 Å². The van der Waals surface area contributed by atoms with Crippen LogP contribution >= 0.6 is 70.1 Å². The summed E-state index contributed by atoms with van der Waals surface area (Å²) in [7, 11) is 164. The van der Waals surface area contributed by atoms with E-state index in [0.717, 1.165) is 22.0 Å². The lowest BCUT2D eigenvalue weighted by atomic mass is 8.43. The summed E-state index contributed by atoms with van der Waals surface area (Å²) in [6.45, 7) is 7.79. The Morgan fingerprint density at radius 2 is 0.824 bits per heavy atom. The molecule has 0 saturated carbocycles. The summed E-state index contributed by atoms with van der Waals surface area (Å²) in [6, 6.07) is 16.8. The van der Waals surface area contributed by atoms with Crippen molar-refractivity contribution in [2.24, 2.45) is 0 Å². The smallest absolute Gasteiger partial charge is 0.344 e. The van der Waals surface area contributed by atoms with Crippen molar-refractivity contribution in [2.75, 3.05) is 23.9 Å². The highest BCUT2D eigenvalue weighted by Gasteiger charge is 2.41. The van der Waals surface area contributed by atoms with Crippen molar-refractivity contribution >= 4 is 500 Å². The van der Waals surface area contributed by atoms with Crippen LogP contribution in [-0.2, 0) is 4.74 Å². The molecule has 450 valence electrons. The zero-order chi connectivity index (χ0) is 82.3. The van der Waals surface area contributed by atoms with Gasteiger partial charge in [0.15, 0.2) is 5.43 Å². The maximum Gasteiger partial charge on any atom is 0.344 e. The molecule has 10 nitrogen and oxygen atoms in total. The van der Waals surface area contributed by atoms with Crippen LogP contribution in [0.2, 0.25) is 15.1 Å². The molecule has 0 bridgehead atoms. The number of thioether (sulfide) groups is 3. The Bertz CT molecular complexity index is 3830. The molecule has 70 heteroatoms. The third kappa shape index (κ3) is 33.6. The second kappa shape index (κ2) is 54.6. The molecule has 0 amide bonds. The highest BCUT2D eigenvalue weighted by molar-refractivity contribution is 8.16. The predicted molar refractivity (Wildman–Crippen MR) is 540 cm³/mol. The molecule has 4 N–H and O–H groups in total. The summed E-state index contributed by atoms with van der Waals surface area (Å²) in [5.41, 5.74) is 0.730. The summed E-state index contributed by atoms with van der Waals surface area (Å²) < 4.78 is 4.97. The lowest BCUT2D eigenvalue weighted by Gasteiger charge is -2.38. The average molecular weight is 1440 g/mol. The van der Waals surface area contributed by atoms with Gasteiger partial charge in [-0.3, -0.25) is 14.4 Å². The number of pyridine rings is 3. The normalized spacial score (nSPS) is 9.77. The van der Waals surface area contributed by atoms with Gasteiger partial charge in [0, 0.05) is 409 Å². The van der Waals surface area contributed by atoms with Crippen LogP contribution in [0.15, 0.2) is 90.1 Å². The number of rotatable bonds is 32. The minimum atomic E-state index is -1.23. The highest BCUT2D eigenvalue weighted by Crippen LogP contribution is 2.28. The molecule has 0 fully saturated rings. The number of carboxylic acids is 1. The summed E-state index contributed by atoms with van der Waals surface area (Å²) in [5.74, 6) is 0.469. The maximum atomic E-state index is 12.5. The molecule has 0 unspecified atom stereocenters. The van der Waals surface area contributed by atoms with Gasteiger partial charge in [0.05, 0.1) is 53.3 Å². The number of carbonyl (C=O) groups excluding carboxylic acids is 1. The van der Waals surface area contributed by atoms with Gasteiger partial charge in [0.1, 0.15) is 11.1 Å². The standard InChI is InChI=1S/C14H14ClNO3S.C12H10ClNO3S.C11H10ClNOS.CH4.B21.B18.B15.H2/c1-3-19-14(18)10-12(17)8-6-5-7-9(15)11(8)16-13(10)20-4-2;1-2-18-11-8(12(16)17)10(15)6-4-3-5-7(13)9(6)14-11;1-2-15-10-6-9(14)7-4-3-5-8(12)11(7)13-10;;1-13(2)19(14(3)4)12-20(15(5)6)18(11)21(16(7)8)17(9)10;1-10-16(13(5)6)18(15(9)12(3)4)17(11-2)14(7)8;1-10(2)12(5)9-13(6)15(8)14(7)11(3)4;/h5-7H,3-4H2,1-2H3,(H,16,17);3-5H,2H2,1H3,(H,14,15)(H,16,17);3-6H,2H2,1H3,(H,13,14);1H4;;;;1H/i;;;;;;;1+1. The number of para-hydroxylation sites is 3. The van der Waals surface area contributed by atoms with Crippen LogP contribution in [0.4, 0.5) is 0 Å². The maximum absolute atomic E-state index is 12.5. The second-order valence-electron chi connectivity index (χ2n) is 24.1. The Kier molecular flexibility index (Phi) is 54.4. The molecule has 0 saturated heterocycles. The topological polar surface area (TPSA) is 162 Å². The fourth-order valence-corrected chi connectivity index (χ4v) is 13.3. The minimum absolute atomic E-state index is 0. The first-order valence-corrected chi connectivity index (χ1v) is 37.3. The van der Waals surface area contributed by atoms with E-state index >= 15 is 0 Å². The van der Waals surface area contributed by atoms with E-state index in [1.54, 1.807) is 86.4 Å². The monoisotopic (exact) mass is 1450 g/mol. The van der Waals surface area contributed by atoms with Crippen LogP contribution < -0.4 is 16.3 Å². The van der Waals surface area contributed by atoms with Gasteiger partial charge in [-0.2, -0.15) is 0 Å². The number of hydrogen-bond acceptors (Lipinski definition) is 9. The van der Waals surface area contributed by atoms with Crippen molar-refractivity contribution in [3.8, 4) is 0 Å². The van der Waals surface area contributed by atoms with E-state index in [2.05, 4.69) is 15.0 Å². The van der Waals surface area contributed by atoms with Crippen molar-refractivity contribution in [1.29, 1.82) is 0 Å². The van der Waals surface area contributed by atoms with E-state index in [1.807, 2.05) is 20.8 Å². The molecule has 0 atom stereocenters. The van der Waals surface area contributed by atoms with Crippen LogP contribution in [0, 0.1) is 0 Å². The summed E-state index contributed by atoms with van der Waals surface area (Å²) in [5, 5.41) is 13.6. The van der Waals surface area contributed by atoms with Crippen molar-refractivity contribution in [3.05, 3.63) is 118 Å². The number of hydrogen-bond donors (Lipinski definition) is 4. The largest absolute Gasteiger partial charge is 0.477 e. The van der Waals surface area contributed by atoms with Gasteiger partial charge in [0.25, 0.3) is 0 Å². The number of ether oxygens (including phenoxy) is 1. The molecule has 0 aliphatic carbocycles. The van der Waals surface area contributed by atoms with Crippen LogP contribution in [0.5, 0.6) is 0 Å². The van der Waals surface area contributed by atoms with Crippen molar-refractivity contribution in [1.82, 2.24) is 15.0 Å². The van der Waals surface area contributed by atoms with Crippen molar-refractivity contribution in [2.45, 2.75) is 50.2 Å². The van der Waals surface area contributed by atoms with E-state index in [1.165, 1.54) is 44.7 Å². The number of fused-ring (bicyclic) bond motifs is 3. The number of esters is 1. The van der Waals surface area contributed by atoms with Gasteiger partial charge in [-0.25, -0.2) is 9.59 Å². The van der Waals surface area contributed by atoms with Crippen LogP contribution in [0.3, 0.4) is 0 Å².